The lowest BCUT2D eigenvalue weighted by molar-refractivity contribution is -0.165. The van der Waals surface area contributed by atoms with E-state index in [2.05, 4.69) is 68.3 Å². The van der Waals surface area contributed by atoms with Gasteiger partial charge in [0, 0.05) is 16.7 Å². The summed E-state index contributed by atoms with van der Waals surface area (Å²) >= 11 is 0. The van der Waals surface area contributed by atoms with E-state index in [1.54, 1.807) is 72.9 Å². The lowest BCUT2D eigenvalue weighted by atomic mass is 9.68. The zero-order chi connectivity index (χ0) is 106. The van der Waals surface area contributed by atoms with Crippen LogP contribution in [0.2, 0.25) is 0 Å². The quantitative estimate of drug-likeness (QED) is 0.00760. The van der Waals surface area contributed by atoms with E-state index < -0.39 is 219 Å². The van der Waals surface area contributed by atoms with Crippen LogP contribution in [0.15, 0.2) is 279 Å². The van der Waals surface area contributed by atoms with Crippen LogP contribution in [0.4, 0.5) is 0 Å². The van der Waals surface area contributed by atoms with E-state index in [4.69, 9.17) is 66.3 Å². The van der Waals surface area contributed by atoms with Gasteiger partial charge in [-0.1, -0.05) is 214 Å². The monoisotopic (exact) mass is 2030 g/mol. The Hall–Kier alpha value is -15.0. The van der Waals surface area contributed by atoms with Crippen LogP contribution >= 0.6 is 0 Å². The molecule has 0 heterocycles. The van der Waals surface area contributed by atoms with Crippen molar-refractivity contribution in [3.8, 4) is 45.3 Å². The third-order valence-electron chi connectivity index (χ3n) is 26.2. The largest absolute Gasteiger partial charge is 0.491 e. The summed E-state index contributed by atoms with van der Waals surface area (Å²) in [4.78, 5) is 138. The number of benzene rings is 8. The van der Waals surface area contributed by atoms with Crippen LogP contribution in [-0.4, -0.2) is 242 Å². The molecule has 0 spiro atoms. The third kappa shape index (κ3) is 27.7. The first-order valence-corrected chi connectivity index (χ1v) is 48.8. The molecule has 8 aromatic rings. The molecule has 33 nitrogen and oxygen atoms in total. The van der Waals surface area contributed by atoms with Gasteiger partial charge in [0.05, 0.1) is 58.2 Å². The summed E-state index contributed by atoms with van der Waals surface area (Å²) in [6.07, 6.45) is 7.18. The van der Waals surface area contributed by atoms with Gasteiger partial charge in [-0.3, -0.25) is 38.4 Å². The highest BCUT2D eigenvalue weighted by Gasteiger charge is 2.49. The number of allylic oxidation sites excluding steroid dienone is 8. The minimum Gasteiger partial charge on any atom is -0.491 e. The predicted octanol–water partition coefficient (Wildman–Crippen LogP) is 11.7. The molecule has 33 heteroatoms. The van der Waals surface area contributed by atoms with Crippen molar-refractivity contribution in [1.29, 1.82) is 0 Å². The molecule has 8 aromatic carbocycles. The smallest absolute Gasteiger partial charge is 0.333 e. The molecule has 0 aliphatic heterocycles. The van der Waals surface area contributed by atoms with Crippen LogP contribution in [0.1, 0.15) is 117 Å². The van der Waals surface area contributed by atoms with Crippen molar-refractivity contribution in [3.63, 3.8) is 0 Å². The Morgan fingerprint density at radius 2 is 0.405 bits per heavy atom. The number of aliphatic hydroxyl groups excluding tert-OH is 7. The van der Waals surface area contributed by atoms with Crippen molar-refractivity contribution in [2.75, 3.05) is 92.5 Å². The Labute approximate surface area is 855 Å². The second kappa shape index (κ2) is 52.4. The van der Waals surface area contributed by atoms with Gasteiger partial charge in [-0.15, -0.1) is 0 Å². The molecule has 14 rings (SSSR count). The number of ether oxygens (including phenoxy) is 14. The zero-order valence-corrected chi connectivity index (χ0v) is 82.2. The number of hydrogen-bond acceptors (Lipinski definition) is 32. The fourth-order valence-electron chi connectivity index (χ4n) is 18.6. The Morgan fingerprint density at radius 1 is 0.243 bits per heavy atom. The molecule has 6 aliphatic carbocycles. The molecule has 0 saturated heterocycles. The fraction of sp³-hybridized carbons (Fsp3) is 0.365. The van der Waals surface area contributed by atoms with Crippen molar-refractivity contribution in [2.24, 2.45) is 47.3 Å². The average molecular weight is 2030 g/mol. The van der Waals surface area contributed by atoms with Gasteiger partial charge in [-0.2, -0.15) is 0 Å². The molecule has 0 fully saturated rings. The van der Waals surface area contributed by atoms with Crippen LogP contribution in [0.25, 0.3) is 22.3 Å². The number of aliphatic carboxylic acids is 1. The summed E-state index contributed by atoms with van der Waals surface area (Å²) in [6.45, 7) is 9.92. The maximum absolute atomic E-state index is 13.2. The number of aliphatic hydroxyl groups is 7. The molecule has 8 N–H and O–H groups in total. The van der Waals surface area contributed by atoms with Crippen LogP contribution < -0.4 is 18.9 Å². The topological polar surface area (TPSA) is 479 Å². The number of hydrogen-bond donors (Lipinski definition) is 8. The highest BCUT2D eigenvalue weighted by Crippen LogP contribution is 2.58. The van der Waals surface area contributed by atoms with Crippen molar-refractivity contribution in [1.82, 2.24) is 0 Å². The normalized spacial score (nSPS) is 19.5. The minimum absolute atomic E-state index is 0.154. The summed E-state index contributed by atoms with van der Waals surface area (Å²) in [7, 11) is 0. The number of carboxylic acid groups (broad SMARTS) is 1. The third-order valence-corrected chi connectivity index (χ3v) is 26.2. The minimum atomic E-state index is -1.28. The number of rotatable bonds is 47. The van der Waals surface area contributed by atoms with Gasteiger partial charge in [-0.05, 0) is 187 Å². The molecule has 780 valence electrons. The van der Waals surface area contributed by atoms with E-state index in [1.165, 1.54) is 20.8 Å². The van der Waals surface area contributed by atoms with E-state index >= 15 is 0 Å². The first kappa shape index (κ1) is 110. The molecule has 0 aromatic heterocycles. The van der Waals surface area contributed by atoms with Gasteiger partial charge in [0.25, 0.3) is 0 Å². The Kier molecular flexibility index (Phi) is 39.0. The van der Waals surface area contributed by atoms with Crippen LogP contribution in [-0.2, 0) is 111 Å². The lowest BCUT2D eigenvalue weighted by Gasteiger charge is -2.34. The summed E-state index contributed by atoms with van der Waals surface area (Å²) < 4.78 is 75.9. The Bertz CT molecular complexity index is 5930. The van der Waals surface area contributed by atoms with Gasteiger partial charge < -0.3 is 107 Å². The molecule has 148 heavy (non-hydrogen) atoms. The van der Waals surface area contributed by atoms with Crippen LogP contribution in [0.5, 0.6) is 23.0 Å². The summed E-state index contributed by atoms with van der Waals surface area (Å²) in [6, 6.07) is 62.9. The SMILES string of the molecule is C=C(C)C(=O)OCC(O)COC(=O)C1CC=CCC1C(=O)OCC(O)COc1ccc(C2(c3ccc(OCC(O)COC(=O)C4CC=CCC4C(=O)O)cc3)c3ccccc3-c3ccccc32)cc1.C=C(C)C(=O)OCC(O)COC(=O)C1CC=CCC1C(=O)OCC(O)COc1ccc(C2(c3ccc(OCC(O)COC(=O)C4CC=CCC4C(=O)OCC(O)COC(=O)C(=C)C)cc3)c3ccccc3-c3ccccc32)cc1. The number of fused-ring (bicyclic) bond motifs is 6. The second-order valence-electron chi connectivity index (χ2n) is 37.1. The van der Waals surface area contributed by atoms with Crippen LogP contribution in [0.3, 0.4) is 0 Å². The van der Waals surface area contributed by atoms with Gasteiger partial charge in [0.15, 0.2) is 0 Å². The maximum Gasteiger partial charge on any atom is 0.333 e. The molecule has 0 amide bonds. The lowest BCUT2D eigenvalue weighted by Crippen LogP contribution is -2.36. The predicted molar refractivity (Wildman–Crippen MR) is 535 cm³/mol. The number of carboxylic acids is 1. The second-order valence-corrected chi connectivity index (χ2v) is 37.1. The highest BCUT2D eigenvalue weighted by atomic mass is 16.6. The summed E-state index contributed by atoms with van der Waals surface area (Å²) in [5, 5.41) is 83.1. The molecule has 0 bridgehead atoms. The van der Waals surface area contributed by atoms with Crippen LogP contribution in [0, 0.1) is 47.3 Å². The summed E-state index contributed by atoms with van der Waals surface area (Å²) in [5.41, 5.74) is 11.1. The van der Waals surface area contributed by atoms with Gasteiger partial charge in [0.2, 0.25) is 0 Å². The van der Waals surface area contributed by atoms with E-state index in [0.717, 1.165) is 66.8 Å². The fourth-order valence-corrected chi connectivity index (χ4v) is 18.6. The molecule has 0 saturated carbocycles. The van der Waals surface area contributed by atoms with E-state index in [1.807, 2.05) is 121 Å². The Balaban J connectivity index is 0.000000249. The molecular formula is C115H122O33. The summed E-state index contributed by atoms with van der Waals surface area (Å²) in [5.74, 6) is -13.2. The van der Waals surface area contributed by atoms with Gasteiger partial charge in [-0.25, -0.2) is 14.4 Å². The number of esters is 10. The van der Waals surface area contributed by atoms with Crippen molar-refractivity contribution in [2.45, 2.75) is 126 Å². The van der Waals surface area contributed by atoms with E-state index in [9.17, 15) is 93.6 Å². The number of carbonyl (C=O) groups excluding carboxylic acids is 10. The van der Waals surface area contributed by atoms with Crippen molar-refractivity contribution in [3.05, 3.63) is 324 Å². The Morgan fingerprint density at radius 3 is 0.588 bits per heavy atom. The molecular weight excluding hydrogens is 1910 g/mol. The number of carbonyl (C=O) groups is 11. The van der Waals surface area contributed by atoms with Crippen molar-refractivity contribution >= 4 is 65.7 Å². The van der Waals surface area contributed by atoms with Gasteiger partial charge >= 0.3 is 65.7 Å². The first-order valence-electron chi connectivity index (χ1n) is 48.8. The van der Waals surface area contributed by atoms with Crippen molar-refractivity contribution < 1.29 is 160 Å². The highest BCUT2D eigenvalue weighted by molar-refractivity contribution is 5.91. The zero-order valence-electron chi connectivity index (χ0n) is 82.2. The standard InChI is InChI=1S/C61H66O18.C54H56O15/c1-37(2)55(66)74-31-43(64)35-78-59(70)51-17-7-5-15-49(51)57(68)76-33-41(62)29-72-45-25-21-39(22-26-45)61(53-19-11-9-13-47(53)48-14-10-12-20-54(48)61)40-23-27-46(28-24-40)73-30-42(63)34-77-58(69)50-16-6-8-18-52(50)60(71)79-36-44(65)32-75-56(67)38(3)4;1-33(2)50(60)66-29-38(57)32-69-53(63)46-16-6-5-15-45(46)52(62)68-31-37(56)28-65-40-25-21-35(22-26-40)54(47-17-9-7-11-41(47)42-12-8-10-18-48(42)54)34-19-23-39(24-20-34)64-27-36(55)30-67-51(61)44-14-4-3-13-43(44)49(58)59/h5-14,19-28,41-44,49-52,62-65H,1,3,15-18,29-36H2,2,4H3;3-12,17-26,36-38,43-46,55-57H,1,13-16,27-32H2,2H3,(H,58,59). The molecule has 15 atom stereocenters. The molecule has 0 radical (unpaired) electrons. The molecule has 6 aliphatic rings. The average Bonchev–Trinajstić information content (AvgIpc) is 1.54. The van der Waals surface area contributed by atoms with Gasteiger partial charge in [0.1, 0.15) is 158 Å². The first-order chi connectivity index (χ1) is 71.2. The van der Waals surface area contributed by atoms with E-state index in [-0.39, 0.29) is 108 Å². The maximum atomic E-state index is 13.2. The van der Waals surface area contributed by atoms with E-state index in [0.29, 0.717) is 23.0 Å². The molecule has 15 unspecified atom stereocenters.